The van der Waals surface area contributed by atoms with E-state index in [9.17, 15) is 9.59 Å². The largest absolute Gasteiger partial charge is 0.270 e. The van der Waals surface area contributed by atoms with Crippen LogP contribution in [0, 0.1) is 0 Å². The highest BCUT2D eigenvalue weighted by Gasteiger charge is 2.39. The Labute approximate surface area is 104 Å². The second-order valence-corrected chi connectivity index (χ2v) is 7.97. The molecule has 0 saturated heterocycles. The molecule has 0 aliphatic carbocycles. The Hall–Kier alpha value is -0.390. The van der Waals surface area contributed by atoms with Crippen LogP contribution in [0.5, 0.6) is 0 Å². The van der Waals surface area contributed by atoms with Crippen LogP contribution in [0.25, 0.3) is 0 Å². The van der Waals surface area contributed by atoms with E-state index in [0.717, 1.165) is 6.42 Å². The molecule has 0 aromatic carbocycles. The molecule has 2 amide bonds. The molecule has 0 N–H and O–H groups in total. The first-order valence-corrected chi connectivity index (χ1v) is 5.96. The molecular formula is C11H16INO2. The fraction of sp³-hybridized carbons (Fsp3) is 0.636. The first kappa shape index (κ1) is 12.7. The van der Waals surface area contributed by atoms with E-state index in [1.165, 1.54) is 17.1 Å². The highest BCUT2D eigenvalue weighted by molar-refractivity contribution is 14.1. The minimum atomic E-state index is -0.428. The zero-order valence-corrected chi connectivity index (χ0v) is 11.7. The van der Waals surface area contributed by atoms with Crippen molar-refractivity contribution in [1.29, 1.82) is 0 Å². The number of halogens is 1. The summed E-state index contributed by atoms with van der Waals surface area (Å²) < 4.78 is 0.0599. The van der Waals surface area contributed by atoms with Gasteiger partial charge in [-0.2, -0.15) is 0 Å². The molecule has 0 aromatic rings. The van der Waals surface area contributed by atoms with Crippen LogP contribution in [0.4, 0.5) is 0 Å². The van der Waals surface area contributed by atoms with Gasteiger partial charge in [0.1, 0.15) is 0 Å². The van der Waals surface area contributed by atoms with E-state index in [-0.39, 0.29) is 15.2 Å². The van der Waals surface area contributed by atoms with E-state index in [2.05, 4.69) is 36.4 Å². The fourth-order valence-corrected chi connectivity index (χ4v) is 3.04. The van der Waals surface area contributed by atoms with E-state index >= 15 is 0 Å². The van der Waals surface area contributed by atoms with E-state index in [4.69, 9.17) is 0 Å². The summed E-state index contributed by atoms with van der Waals surface area (Å²) in [6, 6.07) is 0. The lowest BCUT2D eigenvalue weighted by Crippen LogP contribution is -2.50. The van der Waals surface area contributed by atoms with Gasteiger partial charge in [-0.15, -0.1) is 0 Å². The normalized spacial score (nSPS) is 17.8. The van der Waals surface area contributed by atoms with Gasteiger partial charge >= 0.3 is 0 Å². The van der Waals surface area contributed by atoms with Gasteiger partial charge < -0.3 is 0 Å². The highest BCUT2D eigenvalue weighted by atomic mass is 127. The molecule has 0 fully saturated rings. The Morgan fingerprint density at radius 3 is 1.87 bits per heavy atom. The zero-order chi connectivity index (χ0) is 11.9. The Morgan fingerprint density at radius 1 is 1.13 bits per heavy atom. The van der Waals surface area contributed by atoms with Gasteiger partial charge in [0.2, 0.25) is 0 Å². The molecular weight excluding hydrogens is 305 g/mol. The molecule has 1 aliphatic rings. The molecule has 0 radical (unpaired) electrons. The van der Waals surface area contributed by atoms with Crippen molar-refractivity contribution in [2.24, 2.45) is 0 Å². The van der Waals surface area contributed by atoms with Gasteiger partial charge in [0, 0.05) is 21.1 Å². The van der Waals surface area contributed by atoms with E-state index in [1.807, 2.05) is 13.8 Å². The van der Waals surface area contributed by atoms with Crippen LogP contribution < -0.4 is 0 Å². The van der Waals surface area contributed by atoms with Crippen LogP contribution in [-0.4, -0.2) is 25.7 Å². The molecule has 0 unspecified atom stereocenters. The van der Waals surface area contributed by atoms with Crippen molar-refractivity contribution >= 4 is 34.4 Å². The first-order valence-electron chi connectivity index (χ1n) is 4.89. The van der Waals surface area contributed by atoms with Crippen molar-refractivity contribution < 1.29 is 9.59 Å². The molecule has 0 spiro atoms. The van der Waals surface area contributed by atoms with Gasteiger partial charge in [-0.3, -0.25) is 14.5 Å². The number of carbonyl (C=O) groups is 2. The summed E-state index contributed by atoms with van der Waals surface area (Å²) in [5.74, 6) is -0.406. The molecule has 0 bridgehead atoms. The Bertz CT molecular complexity index is 308. The van der Waals surface area contributed by atoms with Gasteiger partial charge in [-0.05, 0) is 20.3 Å². The number of hydrogen-bond donors (Lipinski definition) is 0. The first-order chi connectivity index (χ1) is 6.63. The molecule has 1 rings (SSSR count). The van der Waals surface area contributed by atoms with Crippen molar-refractivity contribution in [1.82, 2.24) is 4.90 Å². The Kier molecular flexibility index (Phi) is 3.28. The smallest absolute Gasteiger partial charge is 0.254 e. The number of amides is 2. The minimum Gasteiger partial charge on any atom is -0.270 e. The third-order valence-corrected chi connectivity index (χ3v) is 2.65. The van der Waals surface area contributed by atoms with Crippen LogP contribution in [0.3, 0.4) is 0 Å². The summed E-state index contributed by atoms with van der Waals surface area (Å²) in [5.41, 5.74) is -0.428. The molecule has 0 aromatic heterocycles. The van der Waals surface area contributed by atoms with Gasteiger partial charge in [-0.1, -0.05) is 36.4 Å². The lowest BCUT2D eigenvalue weighted by atomic mass is 9.91. The predicted molar refractivity (Wildman–Crippen MR) is 67.8 cm³/mol. The maximum atomic E-state index is 11.5. The van der Waals surface area contributed by atoms with Crippen molar-refractivity contribution in [2.45, 2.75) is 43.1 Å². The number of nitrogens with zero attached hydrogens (tertiary/aromatic N) is 1. The van der Waals surface area contributed by atoms with Crippen LogP contribution in [0.1, 0.15) is 34.1 Å². The van der Waals surface area contributed by atoms with Gasteiger partial charge in [0.15, 0.2) is 0 Å². The summed E-state index contributed by atoms with van der Waals surface area (Å²) in [5, 5.41) is 0. The second kappa shape index (κ2) is 3.88. The molecule has 1 aliphatic heterocycles. The average Bonchev–Trinajstić information content (AvgIpc) is 2.25. The summed E-state index contributed by atoms with van der Waals surface area (Å²) in [7, 11) is 0. The summed E-state index contributed by atoms with van der Waals surface area (Å²) in [6.45, 7) is 8.04. The highest BCUT2D eigenvalue weighted by Crippen LogP contribution is 2.33. The predicted octanol–water partition coefficient (Wildman–Crippen LogP) is 2.29. The maximum absolute atomic E-state index is 11.5. The number of hydrogen-bond acceptors (Lipinski definition) is 2. The Balaban J connectivity index is 2.87. The molecule has 0 saturated carbocycles. The summed E-state index contributed by atoms with van der Waals surface area (Å²) in [4.78, 5) is 24.4. The fourth-order valence-electron chi connectivity index (χ4n) is 2.10. The second-order valence-electron chi connectivity index (χ2n) is 5.05. The molecule has 15 heavy (non-hydrogen) atoms. The van der Waals surface area contributed by atoms with Crippen LogP contribution in [-0.2, 0) is 9.59 Å². The van der Waals surface area contributed by atoms with Crippen LogP contribution in [0.15, 0.2) is 12.2 Å². The maximum Gasteiger partial charge on any atom is 0.254 e. The van der Waals surface area contributed by atoms with Crippen molar-refractivity contribution in [3.05, 3.63) is 12.2 Å². The molecule has 84 valence electrons. The van der Waals surface area contributed by atoms with Crippen LogP contribution in [0.2, 0.25) is 0 Å². The number of imide groups is 1. The van der Waals surface area contributed by atoms with E-state index in [1.54, 1.807) is 0 Å². The SMILES string of the molecule is CC(C)(I)CC(C)(C)N1C(=O)C=CC1=O. The van der Waals surface area contributed by atoms with E-state index in [0.29, 0.717) is 0 Å². The topological polar surface area (TPSA) is 37.4 Å². The molecule has 4 heteroatoms. The van der Waals surface area contributed by atoms with Crippen molar-refractivity contribution in [2.75, 3.05) is 0 Å². The van der Waals surface area contributed by atoms with Crippen LogP contribution >= 0.6 is 22.6 Å². The van der Waals surface area contributed by atoms with E-state index < -0.39 is 5.54 Å². The summed E-state index contributed by atoms with van der Waals surface area (Å²) >= 11 is 2.33. The molecule has 3 nitrogen and oxygen atoms in total. The van der Waals surface area contributed by atoms with Gasteiger partial charge in [-0.25, -0.2) is 0 Å². The molecule has 1 heterocycles. The monoisotopic (exact) mass is 321 g/mol. The Morgan fingerprint density at radius 2 is 1.53 bits per heavy atom. The molecule has 0 atom stereocenters. The minimum absolute atomic E-state index is 0.0599. The third kappa shape index (κ3) is 3.03. The zero-order valence-electron chi connectivity index (χ0n) is 9.50. The average molecular weight is 321 g/mol. The number of carbonyl (C=O) groups excluding carboxylic acids is 2. The number of rotatable bonds is 3. The third-order valence-electron chi connectivity index (χ3n) is 2.27. The lowest BCUT2D eigenvalue weighted by molar-refractivity contribution is -0.143. The van der Waals surface area contributed by atoms with Gasteiger partial charge in [0.05, 0.1) is 0 Å². The van der Waals surface area contributed by atoms with Gasteiger partial charge in [0.25, 0.3) is 11.8 Å². The summed E-state index contributed by atoms with van der Waals surface area (Å²) in [6.07, 6.45) is 3.45. The number of alkyl halides is 1. The lowest BCUT2D eigenvalue weighted by Gasteiger charge is -2.37. The standard InChI is InChI=1S/C11H16INO2/c1-10(2,12)7-11(3,4)13-8(14)5-6-9(13)15/h5-6H,7H2,1-4H3. The quantitative estimate of drug-likeness (QED) is 0.454. The van der Waals surface area contributed by atoms with Crippen molar-refractivity contribution in [3.63, 3.8) is 0 Å². The van der Waals surface area contributed by atoms with Crippen molar-refractivity contribution in [3.8, 4) is 0 Å².